The maximum absolute atomic E-state index is 13.7. The van der Waals surface area contributed by atoms with E-state index in [-0.39, 0.29) is 36.8 Å². The Bertz CT molecular complexity index is 1360. The molecule has 0 aliphatic carbocycles. The van der Waals surface area contributed by atoms with Gasteiger partial charge in [0, 0.05) is 58.2 Å². The summed E-state index contributed by atoms with van der Waals surface area (Å²) in [7, 11) is -4.04. The Morgan fingerprint density at radius 3 is 2.32 bits per heavy atom. The first-order valence-corrected chi connectivity index (χ1v) is 14.1. The summed E-state index contributed by atoms with van der Waals surface area (Å²) < 4.78 is 40.9. The number of rotatable bonds is 6. The van der Waals surface area contributed by atoms with Crippen molar-refractivity contribution in [2.45, 2.75) is 44.6 Å². The van der Waals surface area contributed by atoms with Crippen molar-refractivity contribution in [2.75, 3.05) is 42.5 Å². The van der Waals surface area contributed by atoms with E-state index in [0.29, 0.717) is 26.2 Å². The van der Waals surface area contributed by atoms with Crippen molar-refractivity contribution >= 4 is 33.2 Å². The number of allylic oxidation sites excluding steroid dienone is 1. The van der Waals surface area contributed by atoms with Gasteiger partial charge in [0.05, 0.1) is 4.90 Å². The number of nitrogens with one attached hydrogen (secondary N) is 1. The van der Waals surface area contributed by atoms with Gasteiger partial charge in [-0.2, -0.15) is 0 Å². The molecule has 0 radical (unpaired) electrons. The fraction of sp³-hybridized carbons (Fsp3) is 0.407. The van der Waals surface area contributed by atoms with Gasteiger partial charge in [-0.25, -0.2) is 17.5 Å². The Morgan fingerprint density at radius 2 is 1.68 bits per heavy atom. The van der Waals surface area contributed by atoms with Gasteiger partial charge in [0.15, 0.2) is 0 Å². The van der Waals surface area contributed by atoms with E-state index in [9.17, 15) is 22.4 Å². The van der Waals surface area contributed by atoms with E-state index in [4.69, 9.17) is 5.73 Å². The molecule has 1 saturated heterocycles. The molecule has 2 amide bonds. The van der Waals surface area contributed by atoms with Crippen LogP contribution in [0.5, 0.6) is 0 Å². The molecule has 9 nitrogen and oxygen atoms in total. The molecule has 2 heterocycles. The summed E-state index contributed by atoms with van der Waals surface area (Å²) in [6, 6.07) is 10.7. The van der Waals surface area contributed by atoms with Crippen LogP contribution in [0.4, 0.5) is 15.8 Å². The third-order valence-corrected chi connectivity index (χ3v) is 8.63. The van der Waals surface area contributed by atoms with Crippen LogP contribution < -0.4 is 20.3 Å². The molecule has 3 N–H and O–H groups in total. The number of piperazine rings is 1. The Morgan fingerprint density at radius 1 is 1.03 bits per heavy atom. The number of hydrogen-bond donors (Lipinski definition) is 2. The Balaban J connectivity index is 0.00000280. The van der Waals surface area contributed by atoms with E-state index in [2.05, 4.69) is 9.80 Å². The maximum Gasteiger partial charge on any atom is 0.264 e. The normalized spacial score (nSPS) is 17.4. The monoisotopic (exact) mass is 547 g/mol. The number of halogens is 1. The van der Waals surface area contributed by atoms with Crippen molar-refractivity contribution in [1.29, 1.82) is 0 Å². The highest BCUT2D eigenvalue weighted by Crippen LogP contribution is 2.30. The summed E-state index contributed by atoms with van der Waals surface area (Å²) in [6.07, 6.45) is 1.68. The van der Waals surface area contributed by atoms with Crippen molar-refractivity contribution < 1.29 is 25.3 Å². The van der Waals surface area contributed by atoms with Gasteiger partial charge in [-0.15, -0.1) is 0 Å². The summed E-state index contributed by atoms with van der Waals surface area (Å²) in [5, 5.41) is 0. The van der Waals surface area contributed by atoms with Crippen LogP contribution in [0.3, 0.4) is 0 Å². The first kappa shape index (κ1) is 27.4. The standard InChI is InChI=1S/C27H34FN5O4S.2H2/c1-18(19(2)29)26(34)30-38(36,37)24-9-7-23(8-10-24)31-13-15-32(16-14-31)27(35)20(3)33-12-4-5-21-17-22(28)6-11-25(21)33;;/h6-11,17,20H,4-5,12-16,29H2,1-3H3,(H,30,34);2*1H/t20-;;/m1../s1. The van der Waals surface area contributed by atoms with Gasteiger partial charge in [0.1, 0.15) is 11.9 Å². The minimum Gasteiger partial charge on any atom is -0.402 e. The predicted molar refractivity (Wildman–Crippen MR) is 149 cm³/mol. The molecule has 2 aliphatic heterocycles. The van der Waals surface area contributed by atoms with Crippen LogP contribution in [0, 0.1) is 5.82 Å². The smallest absolute Gasteiger partial charge is 0.264 e. The van der Waals surface area contributed by atoms with E-state index in [1.165, 1.54) is 32.0 Å². The molecule has 0 unspecified atom stereocenters. The number of nitrogens with two attached hydrogens (primary N) is 1. The largest absolute Gasteiger partial charge is 0.402 e. The van der Waals surface area contributed by atoms with Crippen molar-refractivity contribution in [3.05, 3.63) is 65.1 Å². The Kier molecular flexibility index (Phi) is 7.96. The lowest BCUT2D eigenvalue weighted by Crippen LogP contribution is -2.55. The summed E-state index contributed by atoms with van der Waals surface area (Å²) in [4.78, 5) is 31.4. The lowest BCUT2D eigenvalue weighted by atomic mass is 9.99. The van der Waals surface area contributed by atoms with Crippen LogP contribution >= 0.6 is 0 Å². The second-order valence-corrected chi connectivity index (χ2v) is 11.5. The van der Waals surface area contributed by atoms with Crippen LogP contribution in [0.15, 0.2) is 58.6 Å². The average molecular weight is 548 g/mol. The molecule has 0 aromatic heterocycles. The summed E-state index contributed by atoms with van der Waals surface area (Å²) in [5.41, 5.74) is 8.66. The summed E-state index contributed by atoms with van der Waals surface area (Å²) in [6.45, 7) is 7.91. The van der Waals surface area contributed by atoms with E-state index in [0.717, 1.165) is 36.3 Å². The number of sulfonamides is 1. The molecule has 1 fully saturated rings. The molecular weight excluding hydrogens is 509 g/mol. The zero-order chi connectivity index (χ0) is 27.6. The molecule has 0 spiro atoms. The zero-order valence-corrected chi connectivity index (χ0v) is 22.7. The van der Waals surface area contributed by atoms with Crippen LogP contribution in [-0.4, -0.2) is 63.9 Å². The highest BCUT2D eigenvalue weighted by atomic mass is 32.2. The van der Waals surface area contributed by atoms with E-state index in [1.54, 1.807) is 24.3 Å². The SMILES string of the molecule is CC(N)=C(C)C(=O)NS(=O)(=O)c1ccc(N2CCN(C(=O)[C@@H](C)N3CCCc4cc(F)ccc43)CC2)cc1.[HH].[HH]. The fourth-order valence-electron chi connectivity index (χ4n) is 4.85. The highest BCUT2D eigenvalue weighted by molar-refractivity contribution is 7.90. The molecule has 2 aliphatic rings. The number of hydrogen-bond acceptors (Lipinski definition) is 7. The zero-order valence-electron chi connectivity index (χ0n) is 21.9. The molecule has 38 heavy (non-hydrogen) atoms. The summed E-state index contributed by atoms with van der Waals surface area (Å²) in [5.74, 6) is -0.981. The van der Waals surface area contributed by atoms with Crippen LogP contribution in [-0.2, 0) is 26.0 Å². The molecule has 11 heteroatoms. The third kappa shape index (κ3) is 5.77. The lowest BCUT2D eigenvalue weighted by Gasteiger charge is -2.41. The van der Waals surface area contributed by atoms with Crippen molar-refractivity contribution in [1.82, 2.24) is 9.62 Å². The van der Waals surface area contributed by atoms with Crippen molar-refractivity contribution in [2.24, 2.45) is 5.73 Å². The average Bonchev–Trinajstić information content (AvgIpc) is 2.91. The number of aryl methyl sites for hydroxylation is 1. The molecule has 2 aromatic rings. The number of carbonyl (C=O) groups excluding carboxylic acids is 2. The topological polar surface area (TPSA) is 116 Å². The van der Waals surface area contributed by atoms with E-state index < -0.39 is 15.9 Å². The number of anilines is 2. The third-order valence-electron chi connectivity index (χ3n) is 7.28. The Hall–Kier alpha value is -3.60. The fourth-order valence-corrected chi connectivity index (χ4v) is 5.86. The van der Waals surface area contributed by atoms with Crippen LogP contribution in [0.25, 0.3) is 0 Å². The number of benzene rings is 2. The maximum atomic E-state index is 13.7. The van der Waals surface area contributed by atoms with Crippen LogP contribution in [0.1, 0.15) is 35.6 Å². The second kappa shape index (κ2) is 11.0. The minimum absolute atomic E-state index is 0. The molecule has 0 bridgehead atoms. The van der Waals surface area contributed by atoms with Gasteiger partial charge in [0.25, 0.3) is 15.9 Å². The minimum atomic E-state index is -4.04. The number of nitrogens with zero attached hydrogens (tertiary/aromatic N) is 3. The van der Waals surface area contributed by atoms with Gasteiger partial charge in [0.2, 0.25) is 5.91 Å². The first-order valence-electron chi connectivity index (χ1n) is 12.7. The number of carbonyl (C=O) groups is 2. The van der Waals surface area contributed by atoms with Crippen molar-refractivity contribution in [3.63, 3.8) is 0 Å². The van der Waals surface area contributed by atoms with Crippen LogP contribution in [0.2, 0.25) is 0 Å². The quantitative estimate of drug-likeness (QED) is 0.535. The highest BCUT2D eigenvalue weighted by Gasteiger charge is 2.31. The molecule has 2 aromatic carbocycles. The molecular formula is C27H38FN5O4S. The van der Waals surface area contributed by atoms with Gasteiger partial charge in [-0.3, -0.25) is 9.59 Å². The molecule has 208 valence electrons. The number of fused-ring (bicyclic) bond motifs is 1. The predicted octanol–water partition coefficient (Wildman–Crippen LogP) is 2.87. The van der Waals surface area contributed by atoms with Gasteiger partial charge >= 0.3 is 0 Å². The van der Waals surface area contributed by atoms with Gasteiger partial charge in [-0.05, 0) is 81.6 Å². The van der Waals surface area contributed by atoms with Gasteiger partial charge < -0.3 is 20.4 Å². The number of amides is 2. The molecule has 4 rings (SSSR count). The molecule has 1 atom stereocenters. The van der Waals surface area contributed by atoms with Gasteiger partial charge in [-0.1, -0.05) is 0 Å². The first-order chi connectivity index (χ1) is 18.0. The Labute approximate surface area is 226 Å². The van der Waals surface area contributed by atoms with E-state index in [1.807, 2.05) is 16.5 Å². The lowest BCUT2D eigenvalue weighted by molar-refractivity contribution is -0.132. The molecule has 0 saturated carbocycles. The van der Waals surface area contributed by atoms with E-state index >= 15 is 0 Å². The summed E-state index contributed by atoms with van der Waals surface area (Å²) >= 11 is 0. The van der Waals surface area contributed by atoms with Crippen molar-refractivity contribution in [3.8, 4) is 0 Å². The second-order valence-electron chi connectivity index (χ2n) is 9.79.